The first-order valence-corrected chi connectivity index (χ1v) is 15.2. The van der Waals surface area contributed by atoms with Crippen LogP contribution in [0.3, 0.4) is 0 Å². The maximum Gasteiger partial charge on any atom is 0.216 e. The molecule has 0 saturated carbocycles. The van der Waals surface area contributed by atoms with Crippen molar-refractivity contribution in [3.8, 4) is 22.5 Å². The van der Waals surface area contributed by atoms with E-state index in [-0.39, 0.29) is 20.1 Å². The molecule has 4 nitrogen and oxygen atoms in total. The van der Waals surface area contributed by atoms with E-state index >= 15 is 0 Å². The maximum atomic E-state index is 8.58. The minimum atomic E-state index is -1.44. The number of pyridine rings is 3. The fraction of sp³-hybridized carbons (Fsp3) is 0.237. The summed E-state index contributed by atoms with van der Waals surface area (Å²) in [6, 6.07) is 28.5. The van der Waals surface area contributed by atoms with Crippen LogP contribution in [0, 0.1) is 45.2 Å². The van der Waals surface area contributed by atoms with Gasteiger partial charge in [-0.2, -0.15) is 0 Å². The van der Waals surface area contributed by atoms with Crippen molar-refractivity contribution < 1.29 is 27.3 Å². The fourth-order valence-electron chi connectivity index (χ4n) is 4.83. The van der Waals surface area contributed by atoms with Crippen LogP contribution < -0.4 is 0 Å². The number of furan rings is 1. The topological polar surface area (TPSA) is 51.8 Å². The minimum Gasteiger partial charge on any atom is -0.486 e. The summed E-state index contributed by atoms with van der Waals surface area (Å²) in [5.74, 6) is 0. The molecule has 44 heavy (non-hydrogen) atoms. The summed E-state index contributed by atoms with van der Waals surface area (Å²) in [6.45, 7) is 13.9. The van der Waals surface area contributed by atoms with Gasteiger partial charge < -0.3 is 9.40 Å². The first-order chi connectivity index (χ1) is 21.3. The molecule has 225 valence electrons. The Balaban J connectivity index is 0.000000220. The molecule has 0 saturated heterocycles. The number of rotatable bonds is 3. The third-order valence-electron chi connectivity index (χ3n) is 7.19. The van der Waals surface area contributed by atoms with Gasteiger partial charge in [0.05, 0.1) is 5.58 Å². The van der Waals surface area contributed by atoms with Crippen molar-refractivity contribution in [3.63, 3.8) is 0 Å². The molecule has 0 amide bonds. The number of nitrogens with zero attached hydrogens (tertiary/aromatic N) is 3. The van der Waals surface area contributed by atoms with Crippen molar-refractivity contribution in [3.05, 3.63) is 112 Å². The van der Waals surface area contributed by atoms with Crippen LogP contribution in [0.1, 0.15) is 50.8 Å². The Kier molecular flexibility index (Phi) is 8.40. The van der Waals surface area contributed by atoms with Crippen LogP contribution in [-0.4, -0.2) is 15.0 Å². The molecule has 0 N–H and O–H groups in total. The minimum absolute atomic E-state index is 0. The summed E-state index contributed by atoms with van der Waals surface area (Å²) in [5.41, 5.74) is 9.07. The molecule has 0 aliphatic rings. The van der Waals surface area contributed by atoms with Gasteiger partial charge >= 0.3 is 0 Å². The number of aryl methyl sites for hydroxylation is 4. The molecule has 2 aromatic carbocycles. The Morgan fingerprint density at radius 1 is 0.864 bits per heavy atom. The maximum absolute atomic E-state index is 8.58. The predicted molar refractivity (Wildman–Crippen MR) is 180 cm³/mol. The van der Waals surface area contributed by atoms with Crippen LogP contribution in [0.25, 0.3) is 54.8 Å². The third-order valence-corrected chi connectivity index (χ3v) is 8.15. The summed E-state index contributed by atoms with van der Waals surface area (Å²) in [6.07, 6.45) is 0.477. The van der Waals surface area contributed by atoms with E-state index in [1.165, 1.54) is 28.0 Å². The molecular formula is C38H35IrN3OS-2. The van der Waals surface area contributed by atoms with Crippen molar-refractivity contribution in [2.24, 2.45) is 5.41 Å². The summed E-state index contributed by atoms with van der Waals surface area (Å²) in [5, 5.41) is 2.91. The van der Waals surface area contributed by atoms with Crippen molar-refractivity contribution in [1.82, 2.24) is 15.0 Å². The van der Waals surface area contributed by atoms with E-state index in [9.17, 15) is 0 Å². The summed E-state index contributed by atoms with van der Waals surface area (Å²) in [7, 11) is 0. The molecule has 0 fully saturated rings. The smallest absolute Gasteiger partial charge is 0.216 e. The van der Waals surface area contributed by atoms with Crippen molar-refractivity contribution >= 4 is 43.6 Å². The number of aromatic nitrogens is 3. The molecule has 5 aromatic heterocycles. The Bertz CT molecular complexity index is 2180. The average molecular weight is 776 g/mol. The van der Waals surface area contributed by atoms with Gasteiger partial charge in [-0.3, -0.25) is 4.98 Å². The van der Waals surface area contributed by atoms with Gasteiger partial charge in [0.25, 0.3) is 0 Å². The van der Waals surface area contributed by atoms with E-state index < -0.39 is 11.8 Å². The van der Waals surface area contributed by atoms with Crippen LogP contribution in [-0.2, 0) is 26.5 Å². The third kappa shape index (κ3) is 6.83. The summed E-state index contributed by atoms with van der Waals surface area (Å²) >= 11 is 1.41. The molecule has 5 heterocycles. The van der Waals surface area contributed by atoms with E-state index in [4.69, 9.17) is 12.1 Å². The van der Waals surface area contributed by atoms with E-state index in [2.05, 4.69) is 61.1 Å². The van der Waals surface area contributed by atoms with Gasteiger partial charge in [0.2, 0.25) is 5.71 Å². The molecule has 7 aromatic rings. The molecule has 0 aliphatic carbocycles. The van der Waals surface area contributed by atoms with Gasteiger partial charge in [-0.05, 0) is 67.7 Å². The number of fused-ring (bicyclic) bond motifs is 4. The second kappa shape index (κ2) is 12.7. The second-order valence-corrected chi connectivity index (χ2v) is 13.0. The average Bonchev–Trinajstić information content (AvgIpc) is 3.60. The van der Waals surface area contributed by atoms with Crippen LogP contribution in [0.2, 0.25) is 0 Å². The monoisotopic (exact) mass is 776 g/mol. The Morgan fingerprint density at radius 3 is 2.41 bits per heavy atom. The molecule has 0 atom stereocenters. The standard InChI is InChI=1S/C24H21N2OS.C14H14N.Ir/c1-14-8-10-18-17-6-5-7-19(21(17)27-22(18)25-14)20-11-9-15-12-16(13-24(2,3)4)28-23(15)26-20;1-10-4-6-13(7-5-10)14-8-11(2)12(3)9-15-14;/h5-6,8-12H,13H2,1-4H3;4-6,8-9H,1-3H3;/q2*-1;/i13D2;;. The van der Waals surface area contributed by atoms with Crippen molar-refractivity contribution in [2.75, 3.05) is 0 Å². The molecule has 0 unspecified atom stereocenters. The van der Waals surface area contributed by atoms with Crippen molar-refractivity contribution in [2.45, 2.75) is 54.8 Å². The van der Waals surface area contributed by atoms with Gasteiger partial charge in [0.1, 0.15) is 4.83 Å². The van der Waals surface area contributed by atoms with Crippen LogP contribution in [0.15, 0.2) is 77.3 Å². The molecule has 0 spiro atoms. The number of hydrogen-bond donors (Lipinski definition) is 0. The molecule has 0 bridgehead atoms. The zero-order chi connectivity index (χ0) is 32.1. The van der Waals surface area contributed by atoms with Gasteiger partial charge in [-0.15, -0.1) is 64.9 Å². The molecule has 6 heteroatoms. The van der Waals surface area contributed by atoms with E-state index in [1.54, 1.807) is 0 Å². The van der Waals surface area contributed by atoms with Crippen LogP contribution in [0.4, 0.5) is 0 Å². The van der Waals surface area contributed by atoms with Gasteiger partial charge in [-0.25, -0.2) is 4.98 Å². The number of benzene rings is 2. The molecule has 7 rings (SSSR count). The number of hydrogen-bond acceptors (Lipinski definition) is 5. The van der Waals surface area contributed by atoms with E-state index in [0.717, 1.165) is 54.8 Å². The zero-order valence-electron chi connectivity index (χ0n) is 27.9. The Morgan fingerprint density at radius 2 is 1.68 bits per heavy atom. The summed E-state index contributed by atoms with van der Waals surface area (Å²) < 4.78 is 23.3. The van der Waals surface area contributed by atoms with Crippen LogP contribution >= 0.6 is 11.3 Å². The van der Waals surface area contributed by atoms with Gasteiger partial charge in [-0.1, -0.05) is 62.4 Å². The second-order valence-electron chi connectivity index (χ2n) is 12.0. The first-order valence-electron chi connectivity index (χ1n) is 15.4. The predicted octanol–water partition coefficient (Wildman–Crippen LogP) is 10.4. The largest absolute Gasteiger partial charge is 0.486 e. The first kappa shape index (κ1) is 29.0. The van der Waals surface area contributed by atoms with Crippen LogP contribution in [0.5, 0.6) is 0 Å². The number of thiophene rings is 1. The molecule has 0 aliphatic heterocycles. The Hall–Kier alpha value is -3.70. The SMILES string of the molecule is Cc1c[c-]c(-c2cc(C)c(C)cn2)cc1.[2H]C([2H])(c1cc2ccc(-c3[c-]ccc4c3oc3nc(C)ccc34)nc2s1)C(C)(C)C.[Ir]. The quantitative estimate of drug-likeness (QED) is 0.168. The van der Waals surface area contributed by atoms with E-state index in [1.807, 2.05) is 82.4 Å². The van der Waals surface area contributed by atoms with Gasteiger partial charge in [0, 0.05) is 50.4 Å². The molecule has 1 radical (unpaired) electrons. The normalized spacial score (nSPS) is 12.4. The van der Waals surface area contributed by atoms with Gasteiger partial charge in [0.15, 0.2) is 0 Å². The van der Waals surface area contributed by atoms with Crippen molar-refractivity contribution in [1.29, 1.82) is 0 Å². The Labute approximate surface area is 279 Å². The zero-order valence-corrected chi connectivity index (χ0v) is 29.1. The fourth-order valence-corrected chi connectivity index (χ4v) is 5.97. The summed E-state index contributed by atoms with van der Waals surface area (Å²) in [4.78, 5) is 15.3. The van der Waals surface area contributed by atoms with E-state index in [0.29, 0.717) is 10.6 Å². The molecular weight excluding hydrogens is 739 g/mol.